The van der Waals surface area contributed by atoms with Crippen LogP contribution in [0, 0.1) is 5.92 Å². The normalized spacial score (nSPS) is 23.4. The van der Waals surface area contributed by atoms with E-state index >= 15 is 0 Å². The van der Waals surface area contributed by atoms with Gasteiger partial charge in [-0.3, -0.25) is 0 Å². The van der Waals surface area contributed by atoms with Crippen molar-refractivity contribution in [2.75, 3.05) is 19.6 Å². The Morgan fingerprint density at radius 3 is 2.72 bits per heavy atom. The van der Waals surface area contributed by atoms with E-state index in [0.717, 1.165) is 12.3 Å². The van der Waals surface area contributed by atoms with Crippen LogP contribution in [-0.2, 0) is 12.8 Å². The molecule has 1 aliphatic carbocycles. The highest BCUT2D eigenvalue weighted by Crippen LogP contribution is 2.29. The molecule has 0 amide bonds. The molecule has 0 bridgehead atoms. The lowest BCUT2D eigenvalue weighted by Crippen LogP contribution is -2.30. The lowest BCUT2D eigenvalue weighted by atomic mass is 9.83. The van der Waals surface area contributed by atoms with Crippen molar-refractivity contribution in [2.45, 2.75) is 32.1 Å². The van der Waals surface area contributed by atoms with Crippen LogP contribution in [0.3, 0.4) is 0 Å². The molecule has 0 aromatic heterocycles. The fraction of sp³-hybridized carbons (Fsp3) is 0.600. The van der Waals surface area contributed by atoms with Crippen molar-refractivity contribution in [3.05, 3.63) is 29.3 Å². The molecule has 0 radical (unpaired) electrons. The zero-order chi connectivity index (χ0) is 11.7. The molecule has 1 aromatic rings. The predicted octanol–water partition coefficient (Wildman–Crippen LogP) is 3.17. The first-order valence-corrected chi connectivity index (χ1v) is 6.84. The number of aryl methyl sites for hydroxylation is 1. The Kier molecular flexibility index (Phi) is 4.68. The van der Waals surface area contributed by atoms with Gasteiger partial charge in [0.05, 0.1) is 0 Å². The van der Waals surface area contributed by atoms with Gasteiger partial charge in [0.1, 0.15) is 5.75 Å². The van der Waals surface area contributed by atoms with Gasteiger partial charge in [-0.15, -0.1) is 17.0 Å². The average molecular weight is 312 g/mol. The maximum Gasteiger partial charge on any atom is 0.115 e. The van der Waals surface area contributed by atoms with Crippen LogP contribution >= 0.6 is 17.0 Å². The minimum Gasteiger partial charge on any atom is -0.508 e. The van der Waals surface area contributed by atoms with Crippen LogP contribution in [0.5, 0.6) is 5.75 Å². The van der Waals surface area contributed by atoms with Crippen molar-refractivity contribution in [2.24, 2.45) is 5.92 Å². The largest absolute Gasteiger partial charge is 0.508 e. The van der Waals surface area contributed by atoms with E-state index in [1.54, 1.807) is 0 Å². The van der Waals surface area contributed by atoms with Crippen molar-refractivity contribution in [3.8, 4) is 5.75 Å². The average Bonchev–Trinajstić information content (AvgIpc) is 2.82. The van der Waals surface area contributed by atoms with E-state index in [-0.39, 0.29) is 17.0 Å². The molecule has 1 aliphatic heterocycles. The summed E-state index contributed by atoms with van der Waals surface area (Å²) in [7, 11) is 0. The number of nitrogens with zero attached hydrogens (tertiary/aromatic N) is 1. The smallest absolute Gasteiger partial charge is 0.115 e. The van der Waals surface area contributed by atoms with Crippen LogP contribution < -0.4 is 0 Å². The van der Waals surface area contributed by atoms with Crippen LogP contribution in [0.4, 0.5) is 0 Å². The number of hydrogen-bond donors (Lipinski definition) is 1. The number of fused-ring (bicyclic) bond motifs is 1. The number of rotatable bonds is 2. The van der Waals surface area contributed by atoms with Crippen molar-refractivity contribution in [1.29, 1.82) is 0 Å². The fourth-order valence-electron chi connectivity index (χ4n) is 3.30. The molecule has 0 saturated carbocycles. The standard InChI is InChI=1S/C15H21NO.BrH/c17-15-6-5-13-9-12(3-4-14(13)10-15)11-16-7-1-2-8-16;/h5-6,10,12,17H,1-4,7-9,11H2;1H. The first-order valence-electron chi connectivity index (χ1n) is 6.84. The van der Waals surface area contributed by atoms with Crippen LogP contribution in [0.2, 0.25) is 0 Å². The molecule has 1 aromatic carbocycles. The lowest BCUT2D eigenvalue weighted by molar-refractivity contribution is 0.261. The predicted molar refractivity (Wildman–Crippen MR) is 79.6 cm³/mol. The Morgan fingerprint density at radius 1 is 1.17 bits per heavy atom. The van der Waals surface area contributed by atoms with Crippen LogP contribution in [0.15, 0.2) is 18.2 Å². The summed E-state index contributed by atoms with van der Waals surface area (Å²) in [6, 6.07) is 5.89. The highest BCUT2D eigenvalue weighted by Gasteiger charge is 2.22. The van der Waals surface area contributed by atoms with E-state index < -0.39 is 0 Å². The van der Waals surface area contributed by atoms with Gasteiger partial charge in [-0.05, 0) is 74.4 Å². The Morgan fingerprint density at radius 2 is 1.94 bits per heavy atom. The highest BCUT2D eigenvalue weighted by atomic mass is 79.9. The summed E-state index contributed by atoms with van der Waals surface area (Å²) in [5.74, 6) is 1.24. The number of likely N-dealkylation sites (tertiary alicyclic amines) is 1. The Balaban J connectivity index is 0.00000120. The molecule has 1 N–H and O–H groups in total. The molecule has 100 valence electrons. The number of phenolic OH excluding ortho intramolecular Hbond substituents is 1. The molecule has 0 spiro atoms. The van der Waals surface area contributed by atoms with Gasteiger partial charge in [0.15, 0.2) is 0 Å². The van der Waals surface area contributed by atoms with Crippen LogP contribution in [-0.4, -0.2) is 29.6 Å². The summed E-state index contributed by atoms with van der Waals surface area (Å²) in [5, 5.41) is 9.48. The van der Waals surface area contributed by atoms with Gasteiger partial charge in [0.25, 0.3) is 0 Å². The second-order valence-corrected chi connectivity index (χ2v) is 5.57. The molecule has 3 rings (SSSR count). The molecule has 3 heteroatoms. The summed E-state index contributed by atoms with van der Waals surface area (Å²) < 4.78 is 0. The van der Waals surface area contributed by atoms with E-state index in [4.69, 9.17) is 0 Å². The maximum atomic E-state index is 9.48. The van der Waals surface area contributed by atoms with E-state index in [9.17, 15) is 5.11 Å². The van der Waals surface area contributed by atoms with Gasteiger partial charge in [0.2, 0.25) is 0 Å². The summed E-state index contributed by atoms with van der Waals surface area (Å²) in [4.78, 5) is 2.62. The van der Waals surface area contributed by atoms with Gasteiger partial charge in [-0.1, -0.05) is 6.07 Å². The summed E-state index contributed by atoms with van der Waals surface area (Å²) in [5.41, 5.74) is 2.82. The number of halogens is 1. The van der Waals surface area contributed by atoms with Gasteiger partial charge in [-0.2, -0.15) is 0 Å². The molecular weight excluding hydrogens is 290 g/mol. The highest BCUT2D eigenvalue weighted by molar-refractivity contribution is 8.93. The molecule has 2 nitrogen and oxygen atoms in total. The second kappa shape index (κ2) is 6.07. The topological polar surface area (TPSA) is 23.5 Å². The number of phenols is 1. The number of aromatic hydroxyl groups is 1. The molecule has 2 aliphatic rings. The van der Waals surface area contributed by atoms with Crippen LogP contribution in [0.25, 0.3) is 0 Å². The van der Waals surface area contributed by atoms with Gasteiger partial charge >= 0.3 is 0 Å². The van der Waals surface area contributed by atoms with E-state index in [1.807, 2.05) is 12.1 Å². The Hall–Kier alpha value is -0.540. The van der Waals surface area contributed by atoms with Gasteiger partial charge in [0, 0.05) is 6.54 Å². The number of benzene rings is 1. The van der Waals surface area contributed by atoms with E-state index in [0.29, 0.717) is 5.75 Å². The van der Waals surface area contributed by atoms with Crippen molar-refractivity contribution < 1.29 is 5.11 Å². The minimum atomic E-state index is 0. The van der Waals surface area contributed by atoms with Crippen molar-refractivity contribution in [3.63, 3.8) is 0 Å². The third kappa shape index (κ3) is 3.07. The van der Waals surface area contributed by atoms with Crippen molar-refractivity contribution >= 4 is 17.0 Å². The SMILES string of the molecule is Br.Oc1ccc2c(c1)CCC(CN1CCCC1)C2. The minimum absolute atomic E-state index is 0. The van der Waals surface area contributed by atoms with E-state index in [1.165, 1.54) is 56.4 Å². The molecule has 1 fully saturated rings. The maximum absolute atomic E-state index is 9.48. The van der Waals surface area contributed by atoms with Crippen LogP contribution in [0.1, 0.15) is 30.4 Å². The Labute approximate surface area is 120 Å². The monoisotopic (exact) mass is 311 g/mol. The first-order chi connectivity index (χ1) is 8.31. The van der Waals surface area contributed by atoms with Gasteiger partial charge < -0.3 is 10.0 Å². The first kappa shape index (κ1) is 13.9. The second-order valence-electron chi connectivity index (χ2n) is 5.57. The third-order valence-electron chi connectivity index (χ3n) is 4.24. The summed E-state index contributed by atoms with van der Waals surface area (Å²) in [6.07, 6.45) is 6.40. The molecule has 1 unspecified atom stereocenters. The summed E-state index contributed by atoms with van der Waals surface area (Å²) >= 11 is 0. The van der Waals surface area contributed by atoms with Crippen molar-refractivity contribution in [1.82, 2.24) is 4.90 Å². The van der Waals surface area contributed by atoms with E-state index in [2.05, 4.69) is 11.0 Å². The quantitative estimate of drug-likeness (QED) is 0.907. The van der Waals surface area contributed by atoms with Gasteiger partial charge in [-0.25, -0.2) is 0 Å². The molecule has 1 atom stereocenters. The fourth-order valence-corrected chi connectivity index (χ4v) is 3.30. The lowest BCUT2D eigenvalue weighted by Gasteiger charge is -2.28. The molecule has 1 heterocycles. The third-order valence-corrected chi connectivity index (χ3v) is 4.24. The Bertz CT molecular complexity index is 401. The molecule has 18 heavy (non-hydrogen) atoms. The molecular formula is C15H22BrNO. The zero-order valence-corrected chi connectivity index (χ0v) is 12.5. The zero-order valence-electron chi connectivity index (χ0n) is 10.8. The number of hydrogen-bond acceptors (Lipinski definition) is 2. The molecule has 1 saturated heterocycles. The summed E-state index contributed by atoms with van der Waals surface area (Å²) in [6.45, 7) is 3.89.